The van der Waals surface area contributed by atoms with Crippen molar-refractivity contribution in [2.45, 2.75) is 32.2 Å². The molecule has 2 unspecified atom stereocenters. The Morgan fingerprint density at radius 2 is 2.00 bits per heavy atom. The molecule has 0 bridgehead atoms. The standard InChI is InChI=1S/C15H23N7O2/c1-8(2)10-5-11(23-3)9(6-16)4-12(10)24-13-7-19-15(22-18)20-14(13)21-17/h4-5,7-8,14-15,19-22H,17-18H2,1-3H3. The quantitative estimate of drug-likeness (QED) is 0.304. The second kappa shape index (κ2) is 7.96. The summed E-state index contributed by atoms with van der Waals surface area (Å²) in [5.41, 5.74) is 6.46. The fourth-order valence-electron chi connectivity index (χ4n) is 2.36. The number of hydrogen-bond acceptors (Lipinski definition) is 9. The van der Waals surface area contributed by atoms with Gasteiger partial charge in [-0.05, 0) is 12.0 Å². The summed E-state index contributed by atoms with van der Waals surface area (Å²) in [5.74, 6) is 12.7. The Kier molecular flexibility index (Phi) is 5.97. The highest BCUT2D eigenvalue weighted by Crippen LogP contribution is 2.34. The molecule has 1 aromatic carbocycles. The molecule has 1 aliphatic rings. The largest absolute Gasteiger partial charge is 0.495 e. The molecule has 0 aliphatic carbocycles. The zero-order chi connectivity index (χ0) is 17.7. The maximum Gasteiger partial charge on any atom is 0.153 e. The smallest absolute Gasteiger partial charge is 0.153 e. The van der Waals surface area contributed by atoms with Crippen LogP contribution >= 0.6 is 0 Å². The van der Waals surface area contributed by atoms with E-state index in [9.17, 15) is 5.26 Å². The number of nitriles is 1. The first-order valence-electron chi connectivity index (χ1n) is 7.48. The molecule has 0 radical (unpaired) electrons. The number of hydrogen-bond donors (Lipinski definition) is 6. The molecule has 0 fully saturated rings. The first kappa shape index (κ1) is 18.0. The Bertz CT molecular complexity index is 654. The lowest BCUT2D eigenvalue weighted by Crippen LogP contribution is -2.64. The monoisotopic (exact) mass is 333 g/mol. The highest BCUT2D eigenvalue weighted by atomic mass is 16.5. The predicted molar refractivity (Wildman–Crippen MR) is 89.0 cm³/mol. The number of rotatable bonds is 6. The van der Waals surface area contributed by atoms with Crippen LogP contribution in [0.4, 0.5) is 0 Å². The molecular formula is C15H23N7O2. The second-order valence-corrected chi connectivity index (χ2v) is 5.54. The van der Waals surface area contributed by atoms with E-state index in [4.69, 9.17) is 21.2 Å². The number of nitrogens with two attached hydrogens (primary N) is 2. The molecule has 1 aliphatic heterocycles. The number of ether oxygens (including phenoxy) is 2. The average molecular weight is 333 g/mol. The molecule has 9 nitrogen and oxygen atoms in total. The van der Waals surface area contributed by atoms with Gasteiger partial charge in [0.05, 0.1) is 12.7 Å². The van der Waals surface area contributed by atoms with Gasteiger partial charge in [0.2, 0.25) is 0 Å². The lowest BCUT2D eigenvalue weighted by molar-refractivity contribution is 0.246. The first-order valence-corrected chi connectivity index (χ1v) is 7.48. The number of methoxy groups -OCH3 is 1. The summed E-state index contributed by atoms with van der Waals surface area (Å²) in [5, 5.41) is 15.3. The summed E-state index contributed by atoms with van der Waals surface area (Å²) in [4.78, 5) is 0. The van der Waals surface area contributed by atoms with Crippen molar-refractivity contribution < 1.29 is 9.47 Å². The molecule has 0 spiro atoms. The van der Waals surface area contributed by atoms with E-state index in [1.807, 2.05) is 19.9 Å². The van der Waals surface area contributed by atoms with Crippen LogP contribution in [0.15, 0.2) is 24.1 Å². The van der Waals surface area contributed by atoms with Crippen LogP contribution < -0.4 is 42.6 Å². The van der Waals surface area contributed by atoms with Gasteiger partial charge in [-0.25, -0.2) is 10.9 Å². The summed E-state index contributed by atoms with van der Waals surface area (Å²) in [6, 6.07) is 5.59. The zero-order valence-corrected chi connectivity index (χ0v) is 13.9. The molecule has 130 valence electrons. The van der Waals surface area contributed by atoms with E-state index in [1.54, 1.807) is 12.3 Å². The fourth-order valence-corrected chi connectivity index (χ4v) is 2.36. The van der Waals surface area contributed by atoms with Gasteiger partial charge in [0, 0.05) is 17.8 Å². The van der Waals surface area contributed by atoms with Gasteiger partial charge in [-0.15, -0.1) is 0 Å². The van der Waals surface area contributed by atoms with Gasteiger partial charge in [-0.1, -0.05) is 13.8 Å². The van der Waals surface area contributed by atoms with Gasteiger partial charge in [-0.2, -0.15) is 5.26 Å². The van der Waals surface area contributed by atoms with Gasteiger partial charge in [0.25, 0.3) is 0 Å². The first-order chi connectivity index (χ1) is 11.5. The summed E-state index contributed by atoms with van der Waals surface area (Å²) >= 11 is 0. The van der Waals surface area contributed by atoms with Crippen LogP contribution in [0.1, 0.15) is 30.9 Å². The van der Waals surface area contributed by atoms with Crippen molar-refractivity contribution in [3.8, 4) is 17.6 Å². The number of benzene rings is 1. The van der Waals surface area contributed by atoms with Crippen LogP contribution in [0, 0.1) is 11.3 Å². The summed E-state index contributed by atoms with van der Waals surface area (Å²) < 4.78 is 11.3. The van der Waals surface area contributed by atoms with Crippen LogP contribution in [-0.4, -0.2) is 19.6 Å². The zero-order valence-electron chi connectivity index (χ0n) is 13.9. The number of nitrogens with one attached hydrogen (secondary N) is 4. The molecular weight excluding hydrogens is 310 g/mol. The van der Waals surface area contributed by atoms with E-state index < -0.39 is 6.17 Å². The Morgan fingerprint density at radius 3 is 2.54 bits per heavy atom. The molecule has 0 amide bonds. The van der Waals surface area contributed by atoms with Gasteiger partial charge in [0.1, 0.15) is 30.0 Å². The van der Waals surface area contributed by atoms with Crippen molar-refractivity contribution in [3.05, 3.63) is 35.2 Å². The maximum atomic E-state index is 9.29. The molecule has 1 aromatic rings. The van der Waals surface area contributed by atoms with E-state index >= 15 is 0 Å². The minimum absolute atomic E-state index is 0.175. The normalized spacial score (nSPS) is 20.1. The fraction of sp³-hybridized carbons (Fsp3) is 0.400. The van der Waals surface area contributed by atoms with Crippen LogP contribution in [-0.2, 0) is 0 Å². The second-order valence-electron chi connectivity index (χ2n) is 5.54. The third kappa shape index (κ3) is 3.76. The third-order valence-electron chi connectivity index (χ3n) is 3.65. The van der Waals surface area contributed by atoms with Crippen LogP contribution in [0.25, 0.3) is 0 Å². The van der Waals surface area contributed by atoms with Gasteiger partial charge in [-0.3, -0.25) is 17.0 Å². The lowest BCUT2D eigenvalue weighted by atomic mass is 9.99. The maximum absolute atomic E-state index is 9.29. The SMILES string of the molecule is COc1cc(C(C)C)c(OC2=CNC(NN)NC2NN)cc1C#N. The predicted octanol–water partition coefficient (Wildman–Crippen LogP) is -0.360. The Morgan fingerprint density at radius 1 is 1.25 bits per heavy atom. The molecule has 8 N–H and O–H groups in total. The van der Waals surface area contributed by atoms with Crippen LogP contribution in [0.5, 0.6) is 11.5 Å². The molecule has 1 heterocycles. The lowest BCUT2D eigenvalue weighted by Gasteiger charge is -2.31. The van der Waals surface area contributed by atoms with Crippen molar-refractivity contribution in [2.24, 2.45) is 11.7 Å². The van der Waals surface area contributed by atoms with Gasteiger partial charge in [0.15, 0.2) is 5.76 Å². The van der Waals surface area contributed by atoms with Crippen molar-refractivity contribution in [3.63, 3.8) is 0 Å². The summed E-state index contributed by atoms with van der Waals surface area (Å²) in [7, 11) is 1.53. The van der Waals surface area contributed by atoms with Gasteiger partial charge >= 0.3 is 0 Å². The average Bonchev–Trinajstić information content (AvgIpc) is 2.61. The molecule has 2 atom stereocenters. The van der Waals surface area contributed by atoms with E-state index in [1.165, 1.54) is 7.11 Å². The van der Waals surface area contributed by atoms with Crippen molar-refractivity contribution >= 4 is 0 Å². The summed E-state index contributed by atoms with van der Waals surface area (Å²) in [6.07, 6.45) is 0.847. The number of nitrogens with zero attached hydrogens (tertiary/aromatic N) is 1. The van der Waals surface area contributed by atoms with E-state index in [0.717, 1.165) is 5.56 Å². The topological polar surface area (TPSA) is 142 Å². The minimum atomic E-state index is -0.458. The Hall–Kier alpha value is -2.35. The minimum Gasteiger partial charge on any atom is -0.495 e. The van der Waals surface area contributed by atoms with E-state index in [-0.39, 0.29) is 12.2 Å². The van der Waals surface area contributed by atoms with Crippen molar-refractivity contribution in [1.82, 2.24) is 21.5 Å². The van der Waals surface area contributed by atoms with E-state index in [0.29, 0.717) is 22.8 Å². The number of hydrazine groups is 2. The van der Waals surface area contributed by atoms with Crippen molar-refractivity contribution in [1.29, 1.82) is 5.26 Å². The van der Waals surface area contributed by atoms with Gasteiger partial charge < -0.3 is 14.8 Å². The Balaban J connectivity index is 2.37. The van der Waals surface area contributed by atoms with Crippen LogP contribution in [0.3, 0.4) is 0 Å². The molecule has 0 saturated carbocycles. The highest BCUT2D eigenvalue weighted by Gasteiger charge is 2.25. The van der Waals surface area contributed by atoms with Crippen molar-refractivity contribution in [2.75, 3.05) is 7.11 Å². The van der Waals surface area contributed by atoms with E-state index in [2.05, 4.69) is 27.6 Å². The van der Waals surface area contributed by atoms with Crippen LogP contribution in [0.2, 0.25) is 0 Å². The third-order valence-corrected chi connectivity index (χ3v) is 3.65. The summed E-state index contributed by atoms with van der Waals surface area (Å²) in [6.45, 7) is 4.07. The molecule has 0 aromatic heterocycles. The Labute approximate surface area is 140 Å². The molecule has 0 saturated heterocycles. The molecule has 9 heteroatoms. The molecule has 24 heavy (non-hydrogen) atoms. The molecule has 2 rings (SSSR count). The highest BCUT2D eigenvalue weighted by molar-refractivity contribution is 5.53.